The van der Waals surface area contributed by atoms with Gasteiger partial charge in [-0.05, 0) is 18.9 Å². The standard InChI is InChI=1S/C14H13.Li/c1-12-7-9-14(10-8-12)11-13-5-3-2-4-6-13;/h2-5,7-10H,11H2,1H3;/q-1;+1. The summed E-state index contributed by atoms with van der Waals surface area (Å²) in [5.41, 5.74) is 3.90. The van der Waals surface area contributed by atoms with E-state index in [0.717, 1.165) is 6.42 Å². The zero-order chi connectivity index (χ0) is 9.80. The van der Waals surface area contributed by atoms with Crippen LogP contribution in [0.3, 0.4) is 0 Å². The molecule has 0 nitrogen and oxygen atoms in total. The first-order valence-electron chi connectivity index (χ1n) is 4.86. The molecule has 0 spiro atoms. The van der Waals surface area contributed by atoms with Crippen LogP contribution in [-0.2, 0) is 6.42 Å². The molecule has 0 bridgehead atoms. The van der Waals surface area contributed by atoms with Gasteiger partial charge in [-0.1, -0.05) is 29.8 Å². The Morgan fingerprint density at radius 1 is 1.00 bits per heavy atom. The van der Waals surface area contributed by atoms with Crippen LogP contribution in [0.4, 0.5) is 0 Å². The van der Waals surface area contributed by atoms with Crippen LogP contribution < -0.4 is 18.9 Å². The largest absolute Gasteiger partial charge is 1.00 e. The van der Waals surface area contributed by atoms with Crippen LogP contribution in [0.25, 0.3) is 0 Å². The van der Waals surface area contributed by atoms with E-state index < -0.39 is 0 Å². The van der Waals surface area contributed by atoms with Crippen molar-refractivity contribution in [1.82, 2.24) is 0 Å². The van der Waals surface area contributed by atoms with Gasteiger partial charge in [0.05, 0.1) is 0 Å². The molecule has 1 heteroatoms. The Balaban J connectivity index is 0.00000112. The predicted molar refractivity (Wildman–Crippen MR) is 59.3 cm³/mol. The first-order chi connectivity index (χ1) is 6.84. The Morgan fingerprint density at radius 3 is 2.33 bits per heavy atom. The fourth-order valence-electron chi connectivity index (χ4n) is 1.47. The molecule has 2 rings (SSSR count). The van der Waals surface area contributed by atoms with Crippen LogP contribution in [0.2, 0.25) is 0 Å². The maximum atomic E-state index is 3.23. The van der Waals surface area contributed by atoms with Gasteiger partial charge < -0.3 is 0 Å². The normalized spacial score (nSPS) is 9.40. The average Bonchev–Trinajstić information content (AvgIpc) is 2.23. The first kappa shape index (κ1) is 12.1. The summed E-state index contributed by atoms with van der Waals surface area (Å²) >= 11 is 0. The molecule has 0 saturated carbocycles. The monoisotopic (exact) mass is 188 g/mol. The number of hydrogen-bond donors (Lipinski definition) is 0. The van der Waals surface area contributed by atoms with E-state index in [-0.39, 0.29) is 18.9 Å². The predicted octanol–water partition coefficient (Wildman–Crippen LogP) is 0.390. The van der Waals surface area contributed by atoms with Crippen molar-refractivity contribution in [3.8, 4) is 0 Å². The summed E-state index contributed by atoms with van der Waals surface area (Å²) in [5, 5.41) is 0. The van der Waals surface area contributed by atoms with Crippen molar-refractivity contribution in [3.05, 3.63) is 71.3 Å². The number of benzene rings is 2. The minimum Gasteiger partial charge on any atom is -0.180 e. The smallest absolute Gasteiger partial charge is 0.180 e. The Labute approximate surface area is 104 Å². The third-order valence-corrected chi connectivity index (χ3v) is 2.29. The second kappa shape index (κ2) is 5.81. The Hall–Kier alpha value is -0.963. The molecule has 70 valence electrons. The topological polar surface area (TPSA) is 0 Å². The minimum absolute atomic E-state index is 0. The van der Waals surface area contributed by atoms with Crippen molar-refractivity contribution < 1.29 is 18.9 Å². The zero-order valence-corrected chi connectivity index (χ0v) is 9.33. The van der Waals surface area contributed by atoms with E-state index in [1.807, 2.05) is 12.1 Å². The maximum absolute atomic E-state index is 3.23. The van der Waals surface area contributed by atoms with Gasteiger partial charge in [0, 0.05) is 0 Å². The number of hydrogen-bond acceptors (Lipinski definition) is 0. The van der Waals surface area contributed by atoms with Gasteiger partial charge in [-0.25, -0.2) is 0 Å². The fourth-order valence-corrected chi connectivity index (χ4v) is 1.47. The third kappa shape index (κ3) is 3.59. The molecule has 0 N–H and O–H groups in total. The quantitative estimate of drug-likeness (QED) is 0.472. The molecule has 2 aromatic rings. The summed E-state index contributed by atoms with van der Waals surface area (Å²) in [5.74, 6) is 0. The molecule has 0 amide bonds. The van der Waals surface area contributed by atoms with Crippen molar-refractivity contribution in [3.63, 3.8) is 0 Å². The number of rotatable bonds is 2. The van der Waals surface area contributed by atoms with Gasteiger partial charge in [0.1, 0.15) is 0 Å². The van der Waals surface area contributed by atoms with Gasteiger partial charge in [-0.2, -0.15) is 35.9 Å². The van der Waals surface area contributed by atoms with Crippen LogP contribution in [0.5, 0.6) is 0 Å². The Morgan fingerprint density at radius 2 is 1.73 bits per heavy atom. The van der Waals surface area contributed by atoms with E-state index in [1.165, 1.54) is 16.7 Å². The molecule has 0 aliphatic carbocycles. The first-order valence-corrected chi connectivity index (χ1v) is 4.86. The molecule has 0 heterocycles. The van der Waals surface area contributed by atoms with Crippen LogP contribution in [0.1, 0.15) is 16.7 Å². The van der Waals surface area contributed by atoms with E-state index in [4.69, 9.17) is 0 Å². The van der Waals surface area contributed by atoms with Crippen molar-refractivity contribution in [2.24, 2.45) is 0 Å². The van der Waals surface area contributed by atoms with Crippen LogP contribution in [0.15, 0.2) is 48.5 Å². The molecule has 0 unspecified atom stereocenters. The summed E-state index contributed by atoms with van der Waals surface area (Å²) in [6, 6.07) is 20.0. The van der Waals surface area contributed by atoms with Gasteiger partial charge in [0.15, 0.2) is 0 Å². The zero-order valence-electron chi connectivity index (χ0n) is 9.33. The van der Waals surface area contributed by atoms with Crippen LogP contribution >= 0.6 is 0 Å². The van der Waals surface area contributed by atoms with Crippen LogP contribution in [-0.4, -0.2) is 0 Å². The molecule has 0 fully saturated rings. The summed E-state index contributed by atoms with van der Waals surface area (Å²) in [7, 11) is 0. The molecule has 0 aliphatic heterocycles. The molecule has 0 aliphatic rings. The van der Waals surface area contributed by atoms with Crippen molar-refractivity contribution in [1.29, 1.82) is 0 Å². The molecule has 15 heavy (non-hydrogen) atoms. The van der Waals surface area contributed by atoms with Crippen molar-refractivity contribution >= 4 is 0 Å². The summed E-state index contributed by atoms with van der Waals surface area (Å²) in [4.78, 5) is 0. The molecule has 0 aromatic heterocycles. The van der Waals surface area contributed by atoms with Gasteiger partial charge in [-0.15, -0.1) is 0 Å². The van der Waals surface area contributed by atoms with Gasteiger partial charge in [0.25, 0.3) is 0 Å². The van der Waals surface area contributed by atoms with E-state index in [2.05, 4.69) is 49.4 Å². The Kier molecular flexibility index (Phi) is 4.69. The molecular weight excluding hydrogens is 175 g/mol. The van der Waals surface area contributed by atoms with Gasteiger partial charge in [0.2, 0.25) is 0 Å². The van der Waals surface area contributed by atoms with Gasteiger partial charge >= 0.3 is 18.9 Å². The molecular formula is C14H13Li. The second-order valence-corrected chi connectivity index (χ2v) is 3.55. The van der Waals surface area contributed by atoms with Crippen molar-refractivity contribution in [2.75, 3.05) is 0 Å². The second-order valence-electron chi connectivity index (χ2n) is 3.55. The average molecular weight is 188 g/mol. The fraction of sp³-hybridized carbons (Fsp3) is 0.143. The minimum atomic E-state index is 0. The van der Waals surface area contributed by atoms with Crippen molar-refractivity contribution in [2.45, 2.75) is 13.3 Å². The van der Waals surface area contributed by atoms with E-state index >= 15 is 0 Å². The summed E-state index contributed by atoms with van der Waals surface area (Å²) < 4.78 is 0. The summed E-state index contributed by atoms with van der Waals surface area (Å²) in [6.45, 7) is 2.11. The molecule has 0 atom stereocenters. The van der Waals surface area contributed by atoms with Gasteiger partial charge in [-0.3, -0.25) is 0 Å². The SMILES string of the molecule is Cc1ccc(Cc2[c-]cccc2)cc1.[Li+]. The molecule has 2 aromatic carbocycles. The number of aryl methyl sites for hydroxylation is 1. The summed E-state index contributed by atoms with van der Waals surface area (Å²) in [6.07, 6.45) is 0.973. The van der Waals surface area contributed by atoms with E-state index in [0.29, 0.717) is 0 Å². The van der Waals surface area contributed by atoms with E-state index in [9.17, 15) is 0 Å². The van der Waals surface area contributed by atoms with E-state index in [1.54, 1.807) is 0 Å². The molecule has 0 radical (unpaired) electrons. The maximum Gasteiger partial charge on any atom is 1.00 e. The third-order valence-electron chi connectivity index (χ3n) is 2.29. The molecule has 0 saturated heterocycles. The van der Waals surface area contributed by atoms with Crippen LogP contribution in [0, 0.1) is 13.0 Å². The Bertz CT molecular complexity index is 389.